The molecule has 1 unspecified atom stereocenters. The standard InChI is InChI=1S/C23H26ClN3O3S/c1-14-4-3-5-20(21(28)8-14)27-10-16-11-31(12-18(16)22(27)29)13-25-23(30)26-17-7-6-15(2)19(24)9-17/h6-7,9,11,20H,1,3-5,8,10,12-13H2,2H3,(H2,25,26,30)/t20-,31?/m0/s1. The van der Waals surface area contributed by atoms with Gasteiger partial charge in [-0.15, -0.1) is 0 Å². The quantitative estimate of drug-likeness (QED) is 0.405. The van der Waals surface area contributed by atoms with E-state index in [0.29, 0.717) is 41.7 Å². The molecule has 31 heavy (non-hydrogen) atoms. The summed E-state index contributed by atoms with van der Waals surface area (Å²) in [4.78, 5) is 39.5. The second kappa shape index (κ2) is 9.01. The Kier molecular flexibility index (Phi) is 6.34. The van der Waals surface area contributed by atoms with Crippen molar-refractivity contribution in [3.8, 4) is 0 Å². The van der Waals surface area contributed by atoms with Crippen LogP contribution < -0.4 is 10.6 Å². The lowest BCUT2D eigenvalue weighted by atomic mass is 10.1. The van der Waals surface area contributed by atoms with Crippen LogP contribution in [-0.2, 0) is 9.59 Å². The fourth-order valence-corrected chi connectivity index (χ4v) is 6.25. The average molecular weight is 460 g/mol. The molecule has 0 saturated heterocycles. The first-order chi connectivity index (χ1) is 14.8. The molecule has 2 atom stereocenters. The second-order valence-electron chi connectivity index (χ2n) is 8.28. The van der Waals surface area contributed by atoms with Crippen LogP contribution in [0.3, 0.4) is 0 Å². The third-order valence-electron chi connectivity index (χ3n) is 5.91. The Morgan fingerprint density at radius 1 is 1.35 bits per heavy atom. The van der Waals surface area contributed by atoms with Gasteiger partial charge in [-0.25, -0.2) is 4.79 Å². The van der Waals surface area contributed by atoms with Crippen molar-refractivity contribution in [2.75, 3.05) is 23.5 Å². The molecule has 3 aliphatic rings. The molecule has 0 aromatic heterocycles. The third kappa shape index (κ3) is 4.77. The molecule has 0 radical (unpaired) electrons. The first kappa shape index (κ1) is 21.8. The van der Waals surface area contributed by atoms with Crippen LogP contribution >= 0.6 is 22.1 Å². The molecule has 8 heteroatoms. The Labute approximate surface area is 189 Å². The van der Waals surface area contributed by atoms with Crippen molar-refractivity contribution >= 4 is 50.9 Å². The number of Topliss-reactive ketones (excluding diaryl/α,β-unsaturated/α-hetero) is 1. The lowest BCUT2D eigenvalue weighted by molar-refractivity contribution is -0.134. The molecule has 1 aliphatic carbocycles. The number of benzene rings is 1. The van der Waals surface area contributed by atoms with Crippen molar-refractivity contribution in [3.63, 3.8) is 0 Å². The van der Waals surface area contributed by atoms with Gasteiger partial charge < -0.3 is 15.5 Å². The fourth-order valence-electron chi connectivity index (χ4n) is 4.19. The van der Waals surface area contributed by atoms with Crippen molar-refractivity contribution in [2.45, 2.75) is 38.6 Å². The number of carbonyl (C=O) groups is 3. The predicted octanol–water partition coefficient (Wildman–Crippen LogP) is 4.02. The highest BCUT2D eigenvalue weighted by Crippen LogP contribution is 2.35. The summed E-state index contributed by atoms with van der Waals surface area (Å²) >= 11 is 6.10. The lowest BCUT2D eigenvalue weighted by Crippen LogP contribution is -2.43. The van der Waals surface area contributed by atoms with E-state index in [0.717, 1.165) is 35.1 Å². The smallest absolute Gasteiger partial charge is 0.319 e. The number of carbonyl (C=O) groups excluding carboxylic acids is 3. The Morgan fingerprint density at radius 2 is 2.16 bits per heavy atom. The van der Waals surface area contributed by atoms with Gasteiger partial charge in [0.2, 0.25) is 0 Å². The maximum atomic E-state index is 13.0. The Balaban J connectivity index is 1.32. The Morgan fingerprint density at radius 3 is 2.90 bits per heavy atom. The fraction of sp³-hybridized carbons (Fsp3) is 0.391. The molecule has 1 aromatic rings. The van der Waals surface area contributed by atoms with E-state index in [2.05, 4.69) is 22.6 Å². The van der Waals surface area contributed by atoms with Crippen LogP contribution in [0.1, 0.15) is 31.2 Å². The molecule has 0 spiro atoms. The zero-order valence-corrected chi connectivity index (χ0v) is 19.1. The van der Waals surface area contributed by atoms with Crippen LogP contribution in [-0.4, -0.2) is 52.2 Å². The molecule has 0 bridgehead atoms. The number of hydrogen-bond acceptors (Lipinski definition) is 3. The minimum Gasteiger partial charge on any atom is -0.329 e. The zero-order valence-electron chi connectivity index (χ0n) is 17.5. The SMILES string of the molecule is C=C1CCC[C@H](N2CC3=C(CS(CNC(=O)Nc4ccc(C)c(Cl)c4)=C3)C2=O)C(=O)C1. The number of nitrogens with one attached hydrogen (secondary N) is 2. The number of ketones is 1. The van der Waals surface area contributed by atoms with Gasteiger partial charge in [-0.1, -0.05) is 29.8 Å². The summed E-state index contributed by atoms with van der Waals surface area (Å²) in [5.41, 5.74) is 4.35. The zero-order chi connectivity index (χ0) is 22.1. The summed E-state index contributed by atoms with van der Waals surface area (Å²) in [6.45, 7) is 6.35. The van der Waals surface area contributed by atoms with Crippen LogP contribution in [0.2, 0.25) is 5.02 Å². The van der Waals surface area contributed by atoms with E-state index in [4.69, 9.17) is 11.6 Å². The topological polar surface area (TPSA) is 78.5 Å². The minimum absolute atomic E-state index is 0.0224. The molecule has 4 rings (SSSR count). The maximum Gasteiger partial charge on any atom is 0.319 e. The number of urea groups is 1. The van der Waals surface area contributed by atoms with E-state index in [9.17, 15) is 14.4 Å². The van der Waals surface area contributed by atoms with Crippen LogP contribution in [0.4, 0.5) is 10.5 Å². The van der Waals surface area contributed by atoms with E-state index in [1.165, 1.54) is 0 Å². The molecule has 1 aromatic carbocycles. The number of hydrogen-bond donors (Lipinski definition) is 2. The van der Waals surface area contributed by atoms with E-state index in [-0.39, 0.29) is 34.2 Å². The summed E-state index contributed by atoms with van der Waals surface area (Å²) in [5.74, 6) is 1.17. The summed E-state index contributed by atoms with van der Waals surface area (Å²) in [6.07, 6.45) is 2.83. The van der Waals surface area contributed by atoms with Gasteiger partial charge in [-0.3, -0.25) is 9.59 Å². The second-order valence-corrected chi connectivity index (χ2v) is 10.6. The Bertz CT molecular complexity index is 1050. The highest BCUT2D eigenvalue weighted by molar-refractivity contribution is 8.15. The number of allylic oxidation sites excluding steroid dienone is 1. The van der Waals surface area contributed by atoms with Crippen molar-refractivity contribution < 1.29 is 14.4 Å². The number of rotatable bonds is 4. The van der Waals surface area contributed by atoms with Crippen LogP contribution in [0.15, 0.2) is 41.5 Å². The molecule has 2 N–H and O–H groups in total. The molecular weight excluding hydrogens is 434 g/mol. The minimum atomic E-state index is -0.335. The lowest BCUT2D eigenvalue weighted by Gasteiger charge is -2.27. The maximum absolute atomic E-state index is 13.0. The Hall–Kier alpha value is -2.38. The van der Waals surface area contributed by atoms with Gasteiger partial charge in [-0.05, 0) is 54.8 Å². The molecule has 2 heterocycles. The number of anilines is 1. The highest BCUT2D eigenvalue weighted by atomic mass is 35.5. The number of amides is 3. The summed E-state index contributed by atoms with van der Waals surface area (Å²) < 4.78 is 0. The van der Waals surface area contributed by atoms with Gasteiger partial charge in [0.15, 0.2) is 5.78 Å². The van der Waals surface area contributed by atoms with E-state index >= 15 is 0 Å². The van der Waals surface area contributed by atoms with E-state index in [1.54, 1.807) is 17.0 Å². The summed E-state index contributed by atoms with van der Waals surface area (Å²) in [5, 5.41) is 8.35. The van der Waals surface area contributed by atoms with Crippen molar-refractivity contribution in [1.82, 2.24) is 10.2 Å². The van der Waals surface area contributed by atoms with Gasteiger partial charge in [0, 0.05) is 35.0 Å². The van der Waals surface area contributed by atoms with Gasteiger partial charge in [0.05, 0.1) is 11.9 Å². The van der Waals surface area contributed by atoms with Gasteiger partial charge >= 0.3 is 6.03 Å². The summed E-state index contributed by atoms with van der Waals surface area (Å²) in [6, 6.07) is 4.74. The molecule has 1 saturated carbocycles. The number of halogens is 1. The molecule has 6 nitrogen and oxygen atoms in total. The van der Waals surface area contributed by atoms with Crippen LogP contribution in [0, 0.1) is 6.92 Å². The number of nitrogens with zero attached hydrogens (tertiary/aromatic N) is 1. The summed E-state index contributed by atoms with van der Waals surface area (Å²) in [7, 11) is -0.225. The molecule has 3 amide bonds. The van der Waals surface area contributed by atoms with Crippen molar-refractivity contribution in [3.05, 3.63) is 52.1 Å². The number of aryl methyl sites for hydroxylation is 1. The first-order valence-corrected chi connectivity index (χ1v) is 12.4. The van der Waals surface area contributed by atoms with Crippen molar-refractivity contribution in [1.29, 1.82) is 0 Å². The highest BCUT2D eigenvalue weighted by Gasteiger charge is 2.39. The van der Waals surface area contributed by atoms with Gasteiger partial charge in [0.1, 0.15) is 0 Å². The average Bonchev–Trinajstić information content (AvgIpc) is 3.19. The van der Waals surface area contributed by atoms with Gasteiger partial charge in [0.25, 0.3) is 5.91 Å². The third-order valence-corrected chi connectivity index (χ3v) is 8.11. The monoisotopic (exact) mass is 459 g/mol. The first-order valence-electron chi connectivity index (χ1n) is 10.4. The largest absolute Gasteiger partial charge is 0.329 e. The molecule has 164 valence electrons. The van der Waals surface area contributed by atoms with E-state index in [1.807, 2.05) is 13.0 Å². The normalized spacial score (nSPS) is 23.5. The molecule has 2 aliphatic heterocycles. The van der Waals surface area contributed by atoms with Crippen molar-refractivity contribution in [2.24, 2.45) is 0 Å². The molecular formula is C23H26ClN3O3S. The molecule has 1 fully saturated rings. The van der Waals surface area contributed by atoms with Crippen LogP contribution in [0.5, 0.6) is 0 Å². The van der Waals surface area contributed by atoms with Crippen LogP contribution in [0.25, 0.3) is 0 Å². The van der Waals surface area contributed by atoms with E-state index < -0.39 is 0 Å². The predicted molar refractivity (Wildman–Crippen MR) is 127 cm³/mol. The van der Waals surface area contributed by atoms with Gasteiger partial charge in [-0.2, -0.15) is 10.5 Å².